The van der Waals surface area contributed by atoms with Crippen molar-refractivity contribution in [2.24, 2.45) is 0 Å². The first-order valence-corrected chi connectivity index (χ1v) is 4.27. The lowest BCUT2D eigenvalue weighted by atomic mass is 10.3. The molecule has 0 saturated heterocycles. The summed E-state index contributed by atoms with van der Waals surface area (Å²) in [7, 11) is 0. The van der Waals surface area contributed by atoms with Crippen molar-refractivity contribution >= 4 is 17.0 Å². The lowest BCUT2D eigenvalue weighted by Crippen LogP contribution is -2.05. The molecule has 0 fully saturated rings. The van der Waals surface area contributed by atoms with Gasteiger partial charge in [0.15, 0.2) is 0 Å². The Labute approximate surface area is 76.4 Å². The fourth-order valence-corrected chi connectivity index (χ4v) is 1.50. The van der Waals surface area contributed by atoms with Crippen molar-refractivity contribution in [1.29, 1.82) is 0 Å². The van der Waals surface area contributed by atoms with Crippen LogP contribution in [-0.2, 0) is 0 Å². The fraction of sp³-hybridized carbons (Fsp3) is 0.333. The summed E-state index contributed by atoms with van der Waals surface area (Å²) >= 11 is 0. The zero-order chi connectivity index (χ0) is 9.42. The highest BCUT2D eigenvalue weighted by atomic mass is 15.2. The molecule has 0 amide bonds. The second-order valence-electron chi connectivity index (χ2n) is 3.30. The average molecular weight is 176 g/mol. The number of aromatic nitrogens is 3. The van der Waals surface area contributed by atoms with Gasteiger partial charge in [-0.2, -0.15) is 0 Å². The molecule has 4 nitrogen and oxygen atoms in total. The summed E-state index contributed by atoms with van der Waals surface area (Å²) in [6.45, 7) is 4.15. The Hall–Kier alpha value is -1.58. The quantitative estimate of drug-likeness (QED) is 0.717. The number of nitrogen functional groups attached to an aromatic ring is 1. The molecule has 2 rings (SSSR count). The fourth-order valence-electron chi connectivity index (χ4n) is 1.50. The van der Waals surface area contributed by atoms with E-state index in [0.717, 1.165) is 11.0 Å². The maximum Gasteiger partial charge on any atom is 0.201 e. The minimum Gasteiger partial charge on any atom is -0.369 e. The van der Waals surface area contributed by atoms with Crippen LogP contribution in [0.5, 0.6) is 0 Å². The third kappa shape index (κ3) is 1.14. The molecular formula is C9H12N4. The molecule has 0 aliphatic heterocycles. The molecule has 0 bridgehead atoms. The largest absolute Gasteiger partial charge is 0.369 e. The van der Waals surface area contributed by atoms with Gasteiger partial charge in [-0.1, -0.05) is 0 Å². The lowest BCUT2D eigenvalue weighted by molar-refractivity contribution is 0.626. The Morgan fingerprint density at radius 3 is 2.92 bits per heavy atom. The summed E-state index contributed by atoms with van der Waals surface area (Å²) < 4.78 is 1.97. The molecule has 2 aromatic heterocycles. The summed E-state index contributed by atoms with van der Waals surface area (Å²) in [5, 5.41) is 0. The van der Waals surface area contributed by atoms with Crippen LogP contribution in [-0.4, -0.2) is 14.5 Å². The summed E-state index contributed by atoms with van der Waals surface area (Å²) in [4.78, 5) is 8.29. The van der Waals surface area contributed by atoms with Crippen molar-refractivity contribution in [3.8, 4) is 0 Å². The van der Waals surface area contributed by atoms with Crippen LogP contribution < -0.4 is 5.73 Å². The van der Waals surface area contributed by atoms with E-state index in [9.17, 15) is 0 Å². The van der Waals surface area contributed by atoms with Crippen LogP contribution in [0, 0.1) is 0 Å². The van der Waals surface area contributed by atoms with Crippen molar-refractivity contribution in [1.82, 2.24) is 14.5 Å². The number of hydrogen-bond donors (Lipinski definition) is 1. The summed E-state index contributed by atoms with van der Waals surface area (Å²) in [5.74, 6) is 0.554. The van der Waals surface area contributed by atoms with E-state index in [-0.39, 0.29) is 0 Å². The van der Waals surface area contributed by atoms with Crippen LogP contribution in [0.15, 0.2) is 18.5 Å². The Kier molecular flexibility index (Phi) is 1.69. The number of nitrogens with zero attached hydrogens (tertiary/aromatic N) is 3. The molecule has 0 saturated carbocycles. The van der Waals surface area contributed by atoms with E-state index in [0.29, 0.717) is 12.0 Å². The summed E-state index contributed by atoms with van der Waals surface area (Å²) in [6.07, 6.45) is 3.51. The van der Waals surface area contributed by atoms with Gasteiger partial charge in [0, 0.05) is 12.2 Å². The molecule has 13 heavy (non-hydrogen) atoms. The highest BCUT2D eigenvalue weighted by Gasteiger charge is 2.09. The predicted molar refractivity (Wildman–Crippen MR) is 52.3 cm³/mol. The third-order valence-electron chi connectivity index (χ3n) is 2.04. The van der Waals surface area contributed by atoms with Gasteiger partial charge in [0.1, 0.15) is 0 Å². The van der Waals surface area contributed by atoms with Crippen LogP contribution in [0.25, 0.3) is 11.0 Å². The molecular weight excluding hydrogens is 164 g/mol. The summed E-state index contributed by atoms with van der Waals surface area (Å²) in [6, 6.07) is 2.18. The molecule has 68 valence electrons. The Balaban J connectivity index is 2.78. The molecule has 2 aromatic rings. The van der Waals surface area contributed by atoms with Gasteiger partial charge < -0.3 is 10.3 Å². The molecule has 0 spiro atoms. The highest BCUT2D eigenvalue weighted by Crippen LogP contribution is 2.20. The van der Waals surface area contributed by atoms with E-state index in [1.165, 1.54) is 0 Å². The lowest BCUT2D eigenvalue weighted by Gasteiger charge is -2.09. The Bertz CT molecular complexity index is 430. The molecule has 0 aromatic carbocycles. The van der Waals surface area contributed by atoms with Crippen molar-refractivity contribution in [2.45, 2.75) is 19.9 Å². The number of anilines is 1. The normalized spacial score (nSPS) is 11.3. The maximum absolute atomic E-state index is 5.78. The number of nitrogens with two attached hydrogens (primary N) is 1. The number of hydrogen-bond acceptors (Lipinski definition) is 3. The first-order chi connectivity index (χ1) is 6.20. The molecule has 0 aliphatic carbocycles. The number of pyridine rings is 1. The van der Waals surface area contributed by atoms with Gasteiger partial charge in [0.05, 0.1) is 17.2 Å². The van der Waals surface area contributed by atoms with Gasteiger partial charge in [0.25, 0.3) is 0 Å². The monoisotopic (exact) mass is 176 g/mol. The number of imidazole rings is 1. The van der Waals surface area contributed by atoms with Crippen LogP contribution in [0.1, 0.15) is 19.9 Å². The van der Waals surface area contributed by atoms with Gasteiger partial charge in [-0.15, -0.1) is 0 Å². The second-order valence-corrected chi connectivity index (χ2v) is 3.30. The molecule has 2 heterocycles. The molecule has 0 aliphatic rings. The first-order valence-electron chi connectivity index (χ1n) is 4.27. The zero-order valence-electron chi connectivity index (χ0n) is 7.73. The van der Waals surface area contributed by atoms with Crippen LogP contribution in [0.3, 0.4) is 0 Å². The van der Waals surface area contributed by atoms with E-state index in [1.54, 1.807) is 12.4 Å². The minimum atomic E-state index is 0.314. The topological polar surface area (TPSA) is 56.7 Å². The van der Waals surface area contributed by atoms with Crippen LogP contribution >= 0.6 is 0 Å². The van der Waals surface area contributed by atoms with Crippen LogP contribution in [0.2, 0.25) is 0 Å². The molecule has 0 unspecified atom stereocenters. The minimum absolute atomic E-state index is 0.314. The van der Waals surface area contributed by atoms with E-state index in [1.807, 2.05) is 10.6 Å². The molecule has 0 atom stereocenters. The highest BCUT2D eigenvalue weighted by molar-refractivity contribution is 5.77. The maximum atomic E-state index is 5.78. The van der Waals surface area contributed by atoms with Gasteiger partial charge in [-0.3, -0.25) is 4.98 Å². The number of fused-ring (bicyclic) bond motifs is 1. The van der Waals surface area contributed by atoms with Gasteiger partial charge in [0.2, 0.25) is 5.95 Å². The first kappa shape index (κ1) is 8.04. The number of rotatable bonds is 1. The van der Waals surface area contributed by atoms with Crippen molar-refractivity contribution < 1.29 is 0 Å². The van der Waals surface area contributed by atoms with E-state index < -0.39 is 0 Å². The van der Waals surface area contributed by atoms with Crippen molar-refractivity contribution in [2.75, 3.05) is 5.73 Å². The van der Waals surface area contributed by atoms with E-state index >= 15 is 0 Å². The van der Waals surface area contributed by atoms with Crippen molar-refractivity contribution in [3.05, 3.63) is 18.5 Å². The van der Waals surface area contributed by atoms with Gasteiger partial charge in [-0.25, -0.2) is 4.98 Å². The van der Waals surface area contributed by atoms with Crippen molar-refractivity contribution in [3.63, 3.8) is 0 Å². The van der Waals surface area contributed by atoms with E-state index in [4.69, 9.17) is 5.73 Å². The average Bonchev–Trinajstić information content (AvgIpc) is 2.39. The zero-order valence-corrected chi connectivity index (χ0v) is 7.73. The third-order valence-corrected chi connectivity index (χ3v) is 2.04. The molecule has 0 radical (unpaired) electrons. The van der Waals surface area contributed by atoms with Gasteiger partial charge in [-0.05, 0) is 19.9 Å². The summed E-state index contributed by atoms with van der Waals surface area (Å²) in [5.41, 5.74) is 7.68. The molecule has 4 heteroatoms. The van der Waals surface area contributed by atoms with Crippen LogP contribution in [0.4, 0.5) is 5.95 Å². The Morgan fingerprint density at radius 2 is 2.23 bits per heavy atom. The van der Waals surface area contributed by atoms with E-state index in [2.05, 4.69) is 23.8 Å². The SMILES string of the molecule is CC(C)n1c(N)nc2ccncc21. The predicted octanol–water partition coefficient (Wildman–Crippen LogP) is 1.59. The second kappa shape index (κ2) is 2.73. The standard InChI is InChI=1S/C9H12N4/c1-6(2)13-8-5-11-4-3-7(8)12-9(13)10/h3-6H,1-2H3,(H2,10,12). The van der Waals surface area contributed by atoms with Gasteiger partial charge >= 0.3 is 0 Å². The Morgan fingerprint density at radius 1 is 1.46 bits per heavy atom. The smallest absolute Gasteiger partial charge is 0.201 e. The molecule has 2 N–H and O–H groups in total.